The van der Waals surface area contributed by atoms with Crippen molar-refractivity contribution in [2.75, 3.05) is 7.05 Å². The first-order valence-corrected chi connectivity index (χ1v) is 7.77. The summed E-state index contributed by atoms with van der Waals surface area (Å²) in [5.41, 5.74) is 2.22. The Morgan fingerprint density at radius 1 is 1.40 bits per heavy atom. The molecule has 0 amide bonds. The second-order valence-corrected chi connectivity index (χ2v) is 6.78. The van der Waals surface area contributed by atoms with E-state index in [9.17, 15) is 0 Å². The van der Waals surface area contributed by atoms with Crippen molar-refractivity contribution >= 4 is 11.5 Å². The highest BCUT2D eigenvalue weighted by atomic mass is 32.1. The fourth-order valence-corrected chi connectivity index (χ4v) is 3.24. The van der Waals surface area contributed by atoms with E-state index in [2.05, 4.69) is 53.9 Å². The molecule has 0 saturated heterocycles. The minimum Gasteiger partial charge on any atom is -0.308 e. The predicted molar refractivity (Wildman–Crippen MR) is 82.0 cm³/mol. The van der Waals surface area contributed by atoms with Crippen LogP contribution < -0.4 is 5.32 Å². The highest BCUT2D eigenvalue weighted by Crippen LogP contribution is 2.33. The average molecular weight is 293 g/mol. The van der Waals surface area contributed by atoms with E-state index in [1.807, 2.05) is 17.9 Å². The zero-order chi connectivity index (χ0) is 14.8. The lowest BCUT2D eigenvalue weighted by Crippen LogP contribution is -2.22. The lowest BCUT2D eigenvalue weighted by Gasteiger charge is -2.20. The van der Waals surface area contributed by atoms with E-state index in [-0.39, 0.29) is 11.5 Å². The summed E-state index contributed by atoms with van der Waals surface area (Å²) in [7, 11) is 1.97. The smallest absolute Gasteiger partial charge is 0.0860 e. The number of hydrogen-bond donors (Lipinski definition) is 1. The summed E-state index contributed by atoms with van der Waals surface area (Å²) < 4.78 is 6.14. The van der Waals surface area contributed by atoms with Crippen molar-refractivity contribution in [3.8, 4) is 0 Å². The van der Waals surface area contributed by atoms with Crippen molar-refractivity contribution in [1.82, 2.24) is 24.7 Å². The van der Waals surface area contributed by atoms with Crippen molar-refractivity contribution in [3.05, 3.63) is 28.5 Å². The van der Waals surface area contributed by atoms with Gasteiger partial charge in [-0.15, -0.1) is 5.10 Å². The van der Waals surface area contributed by atoms with Gasteiger partial charge in [0, 0.05) is 23.7 Å². The summed E-state index contributed by atoms with van der Waals surface area (Å²) in [6.07, 6.45) is 5.13. The molecule has 0 aliphatic rings. The molecule has 110 valence electrons. The molecule has 20 heavy (non-hydrogen) atoms. The van der Waals surface area contributed by atoms with Gasteiger partial charge in [-0.2, -0.15) is 5.10 Å². The van der Waals surface area contributed by atoms with E-state index >= 15 is 0 Å². The van der Waals surface area contributed by atoms with Crippen molar-refractivity contribution in [2.24, 2.45) is 0 Å². The maximum atomic E-state index is 4.42. The summed E-state index contributed by atoms with van der Waals surface area (Å²) in [6, 6.07) is 0.106. The van der Waals surface area contributed by atoms with Gasteiger partial charge in [-0.1, -0.05) is 32.2 Å². The minimum atomic E-state index is -0.00313. The van der Waals surface area contributed by atoms with Crippen LogP contribution in [0.4, 0.5) is 0 Å². The molecule has 6 heteroatoms. The normalized spacial score (nSPS) is 13.7. The largest absolute Gasteiger partial charge is 0.308 e. The number of aromatic nitrogens is 4. The molecule has 0 saturated carbocycles. The molecular weight excluding hydrogens is 270 g/mol. The van der Waals surface area contributed by atoms with Gasteiger partial charge < -0.3 is 5.32 Å². The molecule has 0 aliphatic carbocycles. The van der Waals surface area contributed by atoms with Crippen molar-refractivity contribution in [2.45, 2.75) is 52.1 Å². The highest BCUT2D eigenvalue weighted by molar-refractivity contribution is 7.05. The molecule has 2 rings (SSSR count). The van der Waals surface area contributed by atoms with Crippen LogP contribution in [0.3, 0.4) is 0 Å². The van der Waals surface area contributed by atoms with Crippen molar-refractivity contribution < 1.29 is 0 Å². The number of aryl methyl sites for hydroxylation is 1. The Morgan fingerprint density at radius 2 is 2.15 bits per heavy atom. The molecule has 2 heterocycles. The molecule has 1 unspecified atom stereocenters. The second kappa shape index (κ2) is 6.01. The van der Waals surface area contributed by atoms with E-state index in [1.165, 1.54) is 16.4 Å². The summed E-state index contributed by atoms with van der Waals surface area (Å²) in [6.45, 7) is 9.60. The van der Waals surface area contributed by atoms with Crippen molar-refractivity contribution in [1.29, 1.82) is 0 Å². The van der Waals surface area contributed by atoms with Gasteiger partial charge >= 0.3 is 0 Å². The fourth-order valence-electron chi connectivity index (χ4n) is 2.24. The molecule has 5 nitrogen and oxygen atoms in total. The lowest BCUT2D eigenvalue weighted by molar-refractivity contribution is 0.549. The summed E-state index contributed by atoms with van der Waals surface area (Å²) in [5.74, 6) is 0. The van der Waals surface area contributed by atoms with Crippen LogP contribution in [-0.4, -0.2) is 26.4 Å². The van der Waals surface area contributed by atoms with Gasteiger partial charge in [0.1, 0.15) is 0 Å². The van der Waals surface area contributed by atoms with E-state index in [0.29, 0.717) is 0 Å². The molecule has 0 aromatic carbocycles. The van der Waals surface area contributed by atoms with Gasteiger partial charge in [-0.05, 0) is 25.0 Å². The summed E-state index contributed by atoms with van der Waals surface area (Å²) >= 11 is 1.47. The molecule has 0 spiro atoms. The Bertz CT molecular complexity index is 552. The molecule has 1 N–H and O–H groups in total. The average Bonchev–Trinajstić information content (AvgIpc) is 3.00. The van der Waals surface area contributed by atoms with E-state index in [1.54, 1.807) is 0 Å². The van der Waals surface area contributed by atoms with E-state index < -0.39 is 0 Å². The standard InChI is InChI=1S/C14H23N5S/c1-6-7-19-9-10(8-16-19)11(15-5)12-13(14(2,3)4)17-18-20-12/h8-9,11,15H,6-7H2,1-5H3. The van der Waals surface area contributed by atoms with Gasteiger partial charge in [0.05, 0.1) is 22.8 Å². The first-order valence-electron chi connectivity index (χ1n) is 6.99. The fraction of sp³-hybridized carbons (Fsp3) is 0.643. The molecule has 0 aliphatic heterocycles. The number of hydrogen-bond acceptors (Lipinski definition) is 5. The third-order valence-electron chi connectivity index (χ3n) is 3.21. The number of nitrogens with zero attached hydrogens (tertiary/aromatic N) is 4. The zero-order valence-corrected chi connectivity index (χ0v) is 13.7. The van der Waals surface area contributed by atoms with Crippen LogP contribution in [0.25, 0.3) is 0 Å². The topological polar surface area (TPSA) is 55.6 Å². The summed E-state index contributed by atoms with van der Waals surface area (Å²) in [4.78, 5) is 1.18. The van der Waals surface area contributed by atoms with Gasteiger partial charge in [-0.3, -0.25) is 4.68 Å². The molecule has 2 aromatic rings. The first kappa shape index (κ1) is 15.1. The molecular formula is C14H23N5S. The lowest BCUT2D eigenvalue weighted by atomic mass is 9.89. The SMILES string of the molecule is CCCn1cc(C(NC)c2snnc2C(C)(C)C)cn1. The molecule has 0 radical (unpaired) electrons. The van der Waals surface area contributed by atoms with Crippen LogP contribution in [0, 0.1) is 0 Å². The van der Waals surface area contributed by atoms with Crippen LogP contribution in [-0.2, 0) is 12.0 Å². The van der Waals surface area contributed by atoms with Crippen LogP contribution in [0.1, 0.15) is 56.3 Å². The van der Waals surface area contributed by atoms with Crippen LogP contribution >= 0.6 is 11.5 Å². The van der Waals surface area contributed by atoms with Crippen LogP contribution in [0.2, 0.25) is 0 Å². The maximum Gasteiger partial charge on any atom is 0.0860 e. The molecule has 2 aromatic heterocycles. The third-order valence-corrected chi connectivity index (χ3v) is 4.00. The Hall–Kier alpha value is -1.27. The highest BCUT2D eigenvalue weighted by Gasteiger charge is 2.28. The van der Waals surface area contributed by atoms with Crippen LogP contribution in [0.5, 0.6) is 0 Å². The van der Waals surface area contributed by atoms with Gasteiger partial charge in [0.2, 0.25) is 0 Å². The minimum absolute atomic E-state index is 0.00313. The molecule has 0 fully saturated rings. The quantitative estimate of drug-likeness (QED) is 0.921. The summed E-state index contributed by atoms with van der Waals surface area (Å²) in [5, 5.41) is 12.1. The second-order valence-electron chi connectivity index (χ2n) is 5.99. The van der Waals surface area contributed by atoms with E-state index in [0.717, 1.165) is 24.2 Å². The Kier molecular flexibility index (Phi) is 4.55. The monoisotopic (exact) mass is 293 g/mol. The maximum absolute atomic E-state index is 4.42. The van der Waals surface area contributed by atoms with Gasteiger partial charge in [0.15, 0.2) is 0 Å². The molecule has 1 atom stereocenters. The zero-order valence-electron chi connectivity index (χ0n) is 12.8. The Balaban J connectivity index is 2.35. The number of nitrogens with one attached hydrogen (secondary N) is 1. The van der Waals surface area contributed by atoms with Crippen LogP contribution in [0.15, 0.2) is 12.4 Å². The van der Waals surface area contributed by atoms with Crippen molar-refractivity contribution in [3.63, 3.8) is 0 Å². The molecule has 0 bridgehead atoms. The Labute approximate surface area is 124 Å². The van der Waals surface area contributed by atoms with E-state index in [4.69, 9.17) is 0 Å². The predicted octanol–water partition coefficient (Wildman–Crippen LogP) is 2.75. The van der Waals surface area contributed by atoms with Gasteiger partial charge in [-0.25, -0.2) is 0 Å². The van der Waals surface area contributed by atoms with Gasteiger partial charge in [0.25, 0.3) is 0 Å². The third kappa shape index (κ3) is 3.07. The number of rotatable bonds is 5. The first-order chi connectivity index (χ1) is 9.47. The Morgan fingerprint density at radius 3 is 2.75 bits per heavy atom.